The number of nitrogens with zero attached hydrogens (tertiary/aromatic N) is 1. The first kappa shape index (κ1) is 21.7. The Balaban J connectivity index is 1.93. The summed E-state index contributed by atoms with van der Waals surface area (Å²) in [4.78, 5) is 39.0. The zero-order chi connectivity index (χ0) is 21.0. The lowest BCUT2D eigenvalue weighted by molar-refractivity contribution is -0.166. The van der Waals surface area contributed by atoms with Gasteiger partial charge in [0.2, 0.25) is 5.91 Å². The lowest BCUT2D eigenvalue weighted by Gasteiger charge is -2.38. The fourth-order valence-corrected chi connectivity index (χ4v) is 3.93. The molecule has 0 spiro atoms. The van der Waals surface area contributed by atoms with Gasteiger partial charge in [0.1, 0.15) is 17.7 Å². The lowest BCUT2D eigenvalue weighted by atomic mass is 9.87. The van der Waals surface area contributed by atoms with Crippen LogP contribution < -0.4 is 16.6 Å². The molecule has 3 rings (SSSR count). The van der Waals surface area contributed by atoms with Crippen LogP contribution in [0.15, 0.2) is 15.8 Å². The van der Waals surface area contributed by atoms with Gasteiger partial charge in [-0.15, -0.1) is 0 Å². The fourth-order valence-electron chi connectivity index (χ4n) is 3.93. The topological polar surface area (TPSA) is 112 Å². The standard InChI is InChI=1S/C20H31N3O6/c1-4-6-8-27-12-20-10-14(24)21-15(16(20)28-9-7-5-2)18(29-20)23-11-13(3)17(25)22-19(23)26/h11,15-16,18H,4-10,12H2,1-3H3,(H,21,24)(H,22,25,26)/t15?,16?,18-,20-/m1/s1. The minimum Gasteiger partial charge on any atom is -0.378 e. The van der Waals surface area contributed by atoms with E-state index in [-0.39, 0.29) is 18.9 Å². The molecule has 2 fully saturated rings. The Bertz CT molecular complexity index is 834. The Labute approximate surface area is 169 Å². The van der Waals surface area contributed by atoms with E-state index >= 15 is 0 Å². The Hall–Kier alpha value is -1.97. The van der Waals surface area contributed by atoms with E-state index in [9.17, 15) is 14.4 Å². The molecule has 2 bridgehead atoms. The summed E-state index contributed by atoms with van der Waals surface area (Å²) in [6.45, 7) is 7.08. The van der Waals surface area contributed by atoms with E-state index in [0.717, 1.165) is 25.7 Å². The molecular formula is C20H31N3O6. The van der Waals surface area contributed by atoms with Crippen LogP contribution in [0.4, 0.5) is 0 Å². The van der Waals surface area contributed by atoms with Crippen molar-refractivity contribution in [1.29, 1.82) is 0 Å². The Morgan fingerprint density at radius 1 is 1.21 bits per heavy atom. The number of aryl methyl sites for hydroxylation is 1. The molecule has 9 nitrogen and oxygen atoms in total. The summed E-state index contributed by atoms with van der Waals surface area (Å²) in [5, 5.41) is 2.92. The highest BCUT2D eigenvalue weighted by Crippen LogP contribution is 2.44. The maximum absolute atomic E-state index is 12.5. The van der Waals surface area contributed by atoms with Crippen molar-refractivity contribution >= 4 is 5.91 Å². The van der Waals surface area contributed by atoms with Gasteiger partial charge in [0.25, 0.3) is 5.56 Å². The number of unbranched alkanes of at least 4 members (excludes halogenated alkanes) is 2. The fraction of sp³-hybridized carbons (Fsp3) is 0.750. The molecule has 0 aromatic carbocycles. The SMILES string of the molecule is CCCCOC[C@]12CC(=O)NC(C1OCCCC)[C@H](n1cc(C)c(=O)[nH]c1=O)O2. The third-order valence-electron chi connectivity index (χ3n) is 5.50. The number of carbonyl (C=O) groups is 1. The number of ether oxygens (including phenoxy) is 3. The smallest absolute Gasteiger partial charge is 0.330 e. The molecule has 9 heteroatoms. The minimum absolute atomic E-state index is 0.0972. The molecule has 29 heavy (non-hydrogen) atoms. The average molecular weight is 409 g/mol. The number of hydrogen-bond donors (Lipinski definition) is 2. The van der Waals surface area contributed by atoms with E-state index < -0.39 is 35.2 Å². The third kappa shape index (κ3) is 4.46. The highest BCUT2D eigenvalue weighted by Gasteiger charge is 2.61. The van der Waals surface area contributed by atoms with E-state index in [1.807, 2.05) is 0 Å². The van der Waals surface area contributed by atoms with Crippen LogP contribution in [0.2, 0.25) is 0 Å². The van der Waals surface area contributed by atoms with Gasteiger partial charge in [-0.3, -0.25) is 19.1 Å². The van der Waals surface area contributed by atoms with Gasteiger partial charge < -0.3 is 19.5 Å². The van der Waals surface area contributed by atoms with Crippen LogP contribution in [0.5, 0.6) is 0 Å². The van der Waals surface area contributed by atoms with E-state index in [1.54, 1.807) is 6.92 Å². The number of hydrogen-bond acceptors (Lipinski definition) is 6. The summed E-state index contributed by atoms with van der Waals surface area (Å²) in [5.41, 5.74) is -1.60. The van der Waals surface area contributed by atoms with Crippen molar-refractivity contribution in [1.82, 2.24) is 14.9 Å². The van der Waals surface area contributed by atoms with Crippen molar-refractivity contribution in [3.63, 3.8) is 0 Å². The molecule has 2 aliphatic rings. The molecule has 3 heterocycles. The highest BCUT2D eigenvalue weighted by molar-refractivity contribution is 5.79. The van der Waals surface area contributed by atoms with Gasteiger partial charge in [-0.05, 0) is 19.8 Å². The number of rotatable bonds is 10. The molecule has 2 N–H and O–H groups in total. The molecule has 1 aromatic rings. The van der Waals surface area contributed by atoms with Crippen molar-refractivity contribution in [2.75, 3.05) is 19.8 Å². The number of aromatic nitrogens is 2. The molecule has 162 valence electrons. The van der Waals surface area contributed by atoms with Crippen LogP contribution in [0.25, 0.3) is 0 Å². The normalized spacial score (nSPS) is 28.5. The number of aromatic amines is 1. The van der Waals surface area contributed by atoms with Crippen LogP contribution in [0.1, 0.15) is 57.7 Å². The molecule has 2 saturated heterocycles. The maximum atomic E-state index is 12.5. The van der Waals surface area contributed by atoms with Crippen LogP contribution >= 0.6 is 0 Å². The summed E-state index contributed by atoms with van der Waals surface area (Å²) in [7, 11) is 0. The molecule has 0 aliphatic carbocycles. The molecule has 4 atom stereocenters. The average Bonchev–Trinajstić information content (AvgIpc) is 2.86. The van der Waals surface area contributed by atoms with Crippen LogP contribution in [0.3, 0.4) is 0 Å². The van der Waals surface area contributed by atoms with E-state index in [0.29, 0.717) is 18.8 Å². The predicted octanol–water partition coefficient (Wildman–Crippen LogP) is 1.00. The first-order valence-electron chi connectivity index (χ1n) is 10.4. The van der Waals surface area contributed by atoms with Gasteiger partial charge >= 0.3 is 5.69 Å². The number of nitrogens with one attached hydrogen (secondary N) is 2. The number of carbonyl (C=O) groups excluding carboxylic acids is 1. The van der Waals surface area contributed by atoms with Gasteiger partial charge in [-0.1, -0.05) is 26.7 Å². The van der Waals surface area contributed by atoms with Crippen molar-refractivity contribution in [2.24, 2.45) is 0 Å². The second-order valence-electron chi connectivity index (χ2n) is 7.87. The largest absolute Gasteiger partial charge is 0.378 e. The number of piperidine rings is 1. The lowest BCUT2D eigenvalue weighted by Crippen LogP contribution is -2.60. The molecule has 1 amide bonds. The molecular weight excluding hydrogens is 378 g/mol. The molecule has 2 unspecified atom stereocenters. The number of fused-ring (bicyclic) bond motifs is 2. The van der Waals surface area contributed by atoms with Gasteiger partial charge in [-0.2, -0.15) is 0 Å². The van der Waals surface area contributed by atoms with Gasteiger partial charge in [0.05, 0.1) is 13.0 Å². The number of amides is 1. The Morgan fingerprint density at radius 3 is 2.66 bits per heavy atom. The summed E-state index contributed by atoms with van der Waals surface area (Å²) >= 11 is 0. The van der Waals surface area contributed by atoms with Gasteiger partial charge in [0, 0.05) is 25.0 Å². The molecule has 2 aliphatic heterocycles. The Morgan fingerprint density at radius 2 is 1.93 bits per heavy atom. The first-order chi connectivity index (χ1) is 13.9. The molecule has 0 radical (unpaired) electrons. The second kappa shape index (κ2) is 9.23. The van der Waals surface area contributed by atoms with E-state index in [1.165, 1.54) is 10.8 Å². The summed E-state index contributed by atoms with van der Waals surface area (Å²) in [6.07, 6.45) is 4.10. The monoisotopic (exact) mass is 409 g/mol. The van der Waals surface area contributed by atoms with E-state index in [2.05, 4.69) is 24.1 Å². The van der Waals surface area contributed by atoms with Crippen molar-refractivity contribution < 1.29 is 19.0 Å². The van der Waals surface area contributed by atoms with Crippen LogP contribution in [0, 0.1) is 6.92 Å². The zero-order valence-corrected chi connectivity index (χ0v) is 17.4. The van der Waals surface area contributed by atoms with Gasteiger partial charge in [0.15, 0.2) is 6.23 Å². The predicted molar refractivity (Wildman–Crippen MR) is 106 cm³/mol. The summed E-state index contributed by atoms with van der Waals surface area (Å²) in [6, 6.07) is -0.550. The summed E-state index contributed by atoms with van der Waals surface area (Å²) in [5.74, 6) is -0.166. The number of H-pyrrole nitrogens is 1. The van der Waals surface area contributed by atoms with Crippen molar-refractivity contribution in [3.05, 3.63) is 32.6 Å². The molecule has 1 aromatic heterocycles. The molecule has 0 saturated carbocycles. The first-order valence-corrected chi connectivity index (χ1v) is 10.4. The highest BCUT2D eigenvalue weighted by atomic mass is 16.6. The Kier molecular flexibility index (Phi) is 6.92. The van der Waals surface area contributed by atoms with Crippen molar-refractivity contribution in [3.8, 4) is 0 Å². The van der Waals surface area contributed by atoms with Crippen LogP contribution in [-0.2, 0) is 19.0 Å². The van der Waals surface area contributed by atoms with Gasteiger partial charge in [-0.25, -0.2) is 4.79 Å². The minimum atomic E-state index is -0.970. The maximum Gasteiger partial charge on any atom is 0.330 e. The third-order valence-corrected chi connectivity index (χ3v) is 5.50. The van der Waals surface area contributed by atoms with Crippen molar-refractivity contribution in [2.45, 2.75) is 76.9 Å². The second-order valence-corrected chi connectivity index (χ2v) is 7.87. The summed E-state index contributed by atoms with van der Waals surface area (Å²) < 4.78 is 19.7. The van der Waals surface area contributed by atoms with E-state index in [4.69, 9.17) is 14.2 Å². The zero-order valence-electron chi connectivity index (χ0n) is 17.4. The quantitative estimate of drug-likeness (QED) is 0.558. The van der Waals surface area contributed by atoms with Crippen LogP contribution in [-0.4, -0.2) is 53.0 Å².